The van der Waals surface area contributed by atoms with Gasteiger partial charge in [-0.15, -0.1) is 0 Å². The van der Waals surface area contributed by atoms with Crippen molar-refractivity contribution in [2.45, 2.75) is 45.2 Å². The molecule has 3 nitrogen and oxygen atoms in total. The molecule has 1 aliphatic heterocycles. The number of benzene rings is 1. The average molecular weight is 339 g/mol. The lowest BCUT2D eigenvalue weighted by Gasteiger charge is -2.35. The van der Waals surface area contributed by atoms with E-state index >= 15 is 0 Å². The van der Waals surface area contributed by atoms with E-state index in [0.717, 1.165) is 29.4 Å². The molecule has 0 radical (unpaired) electrons. The van der Waals surface area contributed by atoms with E-state index in [4.69, 9.17) is 5.73 Å². The van der Waals surface area contributed by atoms with Crippen LogP contribution in [0.4, 0.5) is 0 Å². The number of nitrogens with zero attached hydrogens (tertiary/aromatic N) is 1. The highest BCUT2D eigenvalue weighted by Gasteiger charge is 2.32. The van der Waals surface area contributed by atoms with Crippen molar-refractivity contribution in [2.24, 2.45) is 11.7 Å². The molecule has 2 atom stereocenters. The fraction of sp³-hybridized carbons (Fsp3) is 0.562. The molecule has 1 aromatic carbocycles. The van der Waals surface area contributed by atoms with Crippen LogP contribution in [0.5, 0.6) is 0 Å². The van der Waals surface area contributed by atoms with Gasteiger partial charge in [0.15, 0.2) is 0 Å². The quantitative estimate of drug-likeness (QED) is 0.916. The first-order valence-corrected chi connectivity index (χ1v) is 8.09. The smallest absolute Gasteiger partial charge is 0.223 e. The third kappa shape index (κ3) is 3.61. The van der Waals surface area contributed by atoms with Crippen LogP contribution in [-0.2, 0) is 4.79 Å². The number of carbonyl (C=O) groups is 1. The second-order valence-corrected chi connectivity index (χ2v) is 6.91. The second-order valence-electron chi connectivity index (χ2n) is 5.99. The van der Waals surface area contributed by atoms with E-state index in [1.54, 1.807) is 0 Å². The van der Waals surface area contributed by atoms with Crippen molar-refractivity contribution in [3.8, 4) is 0 Å². The summed E-state index contributed by atoms with van der Waals surface area (Å²) in [5, 5.41) is 0. The van der Waals surface area contributed by atoms with Crippen LogP contribution >= 0.6 is 15.9 Å². The number of nitrogens with two attached hydrogens (primary N) is 1. The first-order valence-electron chi connectivity index (χ1n) is 7.29. The number of hydrogen-bond donors (Lipinski definition) is 1. The summed E-state index contributed by atoms with van der Waals surface area (Å²) in [6.07, 6.45) is 2.41. The fourth-order valence-corrected chi connectivity index (χ4v) is 3.14. The molecule has 0 aromatic heterocycles. The highest BCUT2D eigenvalue weighted by atomic mass is 79.9. The summed E-state index contributed by atoms with van der Waals surface area (Å²) in [5.74, 6) is 0.682. The van der Waals surface area contributed by atoms with Crippen molar-refractivity contribution in [2.75, 3.05) is 6.54 Å². The third-order valence-corrected chi connectivity index (χ3v) is 4.29. The molecule has 1 aliphatic rings. The van der Waals surface area contributed by atoms with Gasteiger partial charge in [-0.1, -0.05) is 41.9 Å². The molecule has 0 spiro atoms. The molecule has 4 heteroatoms. The number of rotatable bonds is 3. The molecule has 2 N–H and O–H groups in total. The van der Waals surface area contributed by atoms with Gasteiger partial charge in [-0.3, -0.25) is 4.79 Å². The monoisotopic (exact) mass is 338 g/mol. The Kier molecular flexibility index (Phi) is 5.22. The molecule has 20 heavy (non-hydrogen) atoms. The maximum atomic E-state index is 12.4. The molecule has 1 amide bonds. The van der Waals surface area contributed by atoms with Gasteiger partial charge in [0, 0.05) is 23.5 Å². The second kappa shape index (κ2) is 6.72. The number of likely N-dealkylation sites (tertiary alicyclic amines) is 1. The van der Waals surface area contributed by atoms with Gasteiger partial charge in [-0.05, 0) is 36.5 Å². The van der Waals surface area contributed by atoms with Gasteiger partial charge < -0.3 is 10.6 Å². The minimum Gasteiger partial charge on any atom is -0.334 e. The van der Waals surface area contributed by atoms with Crippen LogP contribution in [0.25, 0.3) is 0 Å². The first kappa shape index (κ1) is 15.5. The summed E-state index contributed by atoms with van der Waals surface area (Å²) in [4.78, 5) is 14.4. The molecule has 0 aliphatic carbocycles. The Morgan fingerprint density at radius 2 is 2.00 bits per heavy atom. The molecule has 1 fully saturated rings. The van der Waals surface area contributed by atoms with Crippen molar-refractivity contribution in [1.29, 1.82) is 0 Å². The Morgan fingerprint density at radius 3 is 2.60 bits per heavy atom. The molecule has 110 valence electrons. The third-order valence-electron chi connectivity index (χ3n) is 3.76. The van der Waals surface area contributed by atoms with Crippen molar-refractivity contribution < 1.29 is 4.79 Å². The predicted molar refractivity (Wildman–Crippen MR) is 85.3 cm³/mol. The van der Waals surface area contributed by atoms with Crippen LogP contribution in [0.3, 0.4) is 0 Å². The number of amides is 1. The summed E-state index contributed by atoms with van der Waals surface area (Å²) in [6, 6.07) is 8.19. The molecule has 0 saturated carbocycles. The minimum absolute atomic E-state index is 0.000463. The maximum Gasteiger partial charge on any atom is 0.223 e. The average Bonchev–Trinajstić information content (AvgIpc) is 2.51. The fourth-order valence-electron chi connectivity index (χ4n) is 2.87. The van der Waals surface area contributed by atoms with Gasteiger partial charge in [-0.25, -0.2) is 0 Å². The van der Waals surface area contributed by atoms with Crippen LogP contribution in [0.2, 0.25) is 0 Å². The van der Waals surface area contributed by atoms with Crippen LogP contribution in [0.15, 0.2) is 28.7 Å². The maximum absolute atomic E-state index is 12.4. The topological polar surface area (TPSA) is 46.3 Å². The van der Waals surface area contributed by atoms with E-state index in [0.29, 0.717) is 12.3 Å². The summed E-state index contributed by atoms with van der Waals surface area (Å²) >= 11 is 3.46. The molecular weight excluding hydrogens is 316 g/mol. The van der Waals surface area contributed by atoms with Gasteiger partial charge >= 0.3 is 0 Å². The molecule has 0 bridgehead atoms. The Labute approximate surface area is 129 Å². The van der Waals surface area contributed by atoms with E-state index in [-0.39, 0.29) is 18.0 Å². The lowest BCUT2D eigenvalue weighted by atomic mass is 9.96. The number of carbonyl (C=O) groups excluding carboxylic acids is 1. The van der Waals surface area contributed by atoms with Crippen molar-refractivity contribution >= 4 is 21.8 Å². The normalized spacial score (nSPS) is 24.1. The number of hydrogen-bond acceptors (Lipinski definition) is 2. The molecule has 1 aromatic rings. The molecule has 1 heterocycles. The SMILES string of the molecule is CC(C)CN1C(=O)CCCC(N)C1c1ccc(Br)cc1. The summed E-state index contributed by atoms with van der Waals surface area (Å²) in [7, 11) is 0. The molecular formula is C16H23BrN2O. The first-order chi connectivity index (χ1) is 9.49. The Balaban J connectivity index is 2.35. The summed E-state index contributed by atoms with van der Waals surface area (Å²) in [5.41, 5.74) is 7.51. The molecule has 2 rings (SSSR count). The van der Waals surface area contributed by atoms with Crippen LogP contribution in [-0.4, -0.2) is 23.4 Å². The van der Waals surface area contributed by atoms with Gasteiger partial charge in [0.1, 0.15) is 0 Å². The highest BCUT2D eigenvalue weighted by molar-refractivity contribution is 9.10. The summed E-state index contributed by atoms with van der Waals surface area (Å²) < 4.78 is 1.05. The predicted octanol–water partition coefficient (Wildman–Crippen LogP) is 3.49. The molecule has 2 unspecified atom stereocenters. The van der Waals surface area contributed by atoms with E-state index in [2.05, 4.69) is 41.9 Å². The highest BCUT2D eigenvalue weighted by Crippen LogP contribution is 2.31. The standard InChI is InChI=1S/C16H23BrN2O/c1-11(2)10-19-15(20)5-3-4-14(18)16(19)12-6-8-13(17)9-7-12/h6-9,11,14,16H,3-5,10,18H2,1-2H3. The van der Waals surface area contributed by atoms with Crippen LogP contribution in [0.1, 0.15) is 44.7 Å². The van der Waals surface area contributed by atoms with Gasteiger partial charge in [0.05, 0.1) is 6.04 Å². The van der Waals surface area contributed by atoms with E-state index in [9.17, 15) is 4.79 Å². The van der Waals surface area contributed by atoms with E-state index < -0.39 is 0 Å². The van der Waals surface area contributed by atoms with E-state index in [1.807, 2.05) is 17.0 Å². The van der Waals surface area contributed by atoms with E-state index in [1.165, 1.54) is 0 Å². The van der Waals surface area contributed by atoms with Gasteiger partial charge in [0.25, 0.3) is 0 Å². The zero-order chi connectivity index (χ0) is 14.7. The van der Waals surface area contributed by atoms with Crippen molar-refractivity contribution in [3.05, 3.63) is 34.3 Å². The Morgan fingerprint density at radius 1 is 1.35 bits per heavy atom. The minimum atomic E-state index is 0.000463. The lowest BCUT2D eigenvalue weighted by molar-refractivity contribution is -0.133. The van der Waals surface area contributed by atoms with Gasteiger partial charge in [-0.2, -0.15) is 0 Å². The zero-order valence-electron chi connectivity index (χ0n) is 12.2. The number of halogens is 1. The Hall–Kier alpha value is -0.870. The van der Waals surface area contributed by atoms with Crippen molar-refractivity contribution in [1.82, 2.24) is 4.90 Å². The zero-order valence-corrected chi connectivity index (χ0v) is 13.8. The Bertz CT molecular complexity index is 458. The van der Waals surface area contributed by atoms with Crippen LogP contribution < -0.4 is 5.73 Å². The van der Waals surface area contributed by atoms with Gasteiger partial charge in [0.2, 0.25) is 5.91 Å². The van der Waals surface area contributed by atoms with Crippen molar-refractivity contribution in [3.63, 3.8) is 0 Å². The lowest BCUT2D eigenvalue weighted by Crippen LogP contribution is -2.43. The molecule has 1 saturated heterocycles. The largest absolute Gasteiger partial charge is 0.334 e. The van der Waals surface area contributed by atoms with Crippen LogP contribution in [0, 0.1) is 5.92 Å². The summed E-state index contributed by atoms with van der Waals surface area (Å²) in [6.45, 7) is 5.05.